The smallest absolute Gasteiger partial charge is 0.329 e. The summed E-state index contributed by atoms with van der Waals surface area (Å²) in [6, 6.07) is 5.55. The van der Waals surface area contributed by atoms with E-state index in [1.165, 1.54) is 40.5 Å². The molecule has 4 rings (SSSR count). The number of nitrogens with one attached hydrogen (secondary N) is 1. The van der Waals surface area contributed by atoms with Crippen molar-refractivity contribution in [2.45, 2.75) is 24.5 Å². The summed E-state index contributed by atoms with van der Waals surface area (Å²) < 4.78 is 47.4. The van der Waals surface area contributed by atoms with Crippen molar-refractivity contribution in [3.05, 3.63) is 63.5 Å². The van der Waals surface area contributed by atoms with Gasteiger partial charge in [-0.15, -0.1) is 11.3 Å². The number of aliphatic imine (C=N–C) groups is 1. The van der Waals surface area contributed by atoms with E-state index in [4.69, 9.17) is 14.8 Å². The average Bonchev–Trinajstić information content (AvgIpc) is 3.40. The molecule has 8 nitrogen and oxygen atoms in total. The number of carboxylic acid groups (broad SMARTS) is 1. The molecule has 1 saturated heterocycles. The van der Waals surface area contributed by atoms with E-state index >= 15 is 0 Å². The van der Waals surface area contributed by atoms with Gasteiger partial charge in [0, 0.05) is 35.9 Å². The number of halogens is 3. The Morgan fingerprint density at radius 1 is 1.38 bits per heavy atom. The van der Waals surface area contributed by atoms with Crippen LogP contribution in [-0.4, -0.2) is 71.3 Å². The van der Waals surface area contributed by atoms with Crippen molar-refractivity contribution in [1.29, 1.82) is 0 Å². The number of likely N-dealkylation sites (tertiary alicyclic amines) is 1. The van der Waals surface area contributed by atoms with Crippen LogP contribution in [0.1, 0.15) is 17.5 Å². The number of carbonyl (C=O) groups is 2. The maximum atomic E-state index is 14.5. The lowest BCUT2D eigenvalue weighted by Crippen LogP contribution is -2.43. The van der Waals surface area contributed by atoms with E-state index in [1.54, 1.807) is 18.5 Å². The van der Waals surface area contributed by atoms with Crippen molar-refractivity contribution in [3.8, 4) is 0 Å². The van der Waals surface area contributed by atoms with Gasteiger partial charge in [-0.2, -0.15) is 0 Å². The van der Waals surface area contributed by atoms with E-state index in [2.05, 4.69) is 10.3 Å². The summed E-state index contributed by atoms with van der Waals surface area (Å²) >= 11 is 1.31. The van der Waals surface area contributed by atoms with E-state index in [0.29, 0.717) is 28.4 Å². The molecule has 2 atom stereocenters. The fourth-order valence-electron chi connectivity index (χ4n) is 4.09. The standard InChI is InChI=1S/C22H21F3N4O4S/c1-21(13-2-4-14(23)5-3-13)15(10-30)16(27-19(28-21)20-26-6-7-34-20)8-29-9-17(22(24,25)12-29)33-11-18(31)32/h2-7,10,17H,8-9,11-12H2,1H3,(H,27,28)(H,31,32)/t17?,21-/m1/s1. The minimum atomic E-state index is -3.27. The number of thiazole rings is 1. The topological polar surface area (TPSA) is 104 Å². The van der Waals surface area contributed by atoms with Crippen LogP contribution < -0.4 is 5.32 Å². The highest BCUT2D eigenvalue weighted by Gasteiger charge is 2.50. The fourth-order valence-corrected chi connectivity index (χ4v) is 4.67. The van der Waals surface area contributed by atoms with Gasteiger partial charge in [-0.1, -0.05) is 12.1 Å². The summed E-state index contributed by atoms with van der Waals surface area (Å²) in [5.41, 5.74) is -0.133. The van der Waals surface area contributed by atoms with Gasteiger partial charge in [0.25, 0.3) is 5.92 Å². The largest absolute Gasteiger partial charge is 0.480 e. The van der Waals surface area contributed by atoms with Gasteiger partial charge in [0.1, 0.15) is 24.1 Å². The van der Waals surface area contributed by atoms with E-state index in [1.807, 2.05) is 0 Å². The van der Waals surface area contributed by atoms with Crippen LogP contribution in [0.15, 0.2) is 52.1 Å². The zero-order valence-electron chi connectivity index (χ0n) is 18.0. The highest BCUT2D eigenvalue weighted by molar-refractivity contribution is 7.11. The molecule has 2 N–H and O–H groups in total. The molecule has 0 saturated carbocycles. The third-order valence-corrected chi connectivity index (χ3v) is 6.51. The molecule has 1 fully saturated rings. The highest BCUT2D eigenvalue weighted by atomic mass is 32.1. The number of rotatable bonds is 8. The lowest BCUT2D eigenvalue weighted by atomic mass is 9.83. The molecule has 3 heterocycles. The Morgan fingerprint density at radius 3 is 2.74 bits per heavy atom. The Balaban J connectivity index is 1.69. The maximum Gasteiger partial charge on any atom is 0.329 e. The van der Waals surface area contributed by atoms with E-state index in [0.717, 1.165) is 0 Å². The molecule has 0 amide bonds. The SMILES string of the molecule is C[C@]1(c2ccc(F)cc2)N=C(c2nccs2)NC(CN2CC(OCC(=O)O)C(F)(F)C2)=C1C=O. The summed E-state index contributed by atoms with van der Waals surface area (Å²) in [6.45, 7) is -0.119. The molecule has 2 aromatic rings. The van der Waals surface area contributed by atoms with Crippen LogP contribution in [0.25, 0.3) is 0 Å². The number of aliphatic carboxylic acids is 1. The van der Waals surface area contributed by atoms with Gasteiger partial charge in [-0.3, -0.25) is 9.69 Å². The van der Waals surface area contributed by atoms with Crippen molar-refractivity contribution in [1.82, 2.24) is 15.2 Å². The summed E-state index contributed by atoms with van der Waals surface area (Å²) in [6.07, 6.45) is 0.604. The first-order valence-corrected chi connectivity index (χ1v) is 11.2. The van der Waals surface area contributed by atoms with Crippen LogP contribution in [0.2, 0.25) is 0 Å². The van der Waals surface area contributed by atoms with Crippen molar-refractivity contribution in [3.63, 3.8) is 0 Å². The number of benzene rings is 1. The minimum Gasteiger partial charge on any atom is -0.480 e. The predicted molar refractivity (Wildman–Crippen MR) is 117 cm³/mol. The number of aromatic nitrogens is 1. The quantitative estimate of drug-likeness (QED) is 0.543. The normalized spacial score (nSPS) is 24.6. The molecule has 2 aliphatic rings. The molecule has 0 bridgehead atoms. The summed E-state index contributed by atoms with van der Waals surface area (Å²) in [5, 5.41) is 14.1. The van der Waals surface area contributed by atoms with Crippen LogP contribution >= 0.6 is 11.3 Å². The van der Waals surface area contributed by atoms with Gasteiger partial charge < -0.3 is 15.2 Å². The second kappa shape index (κ2) is 9.28. The molecule has 12 heteroatoms. The maximum absolute atomic E-state index is 14.5. The Hall–Kier alpha value is -3.09. The molecule has 0 aliphatic carbocycles. The number of amidine groups is 1. The zero-order chi connectivity index (χ0) is 24.5. The average molecular weight is 494 g/mol. The van der Waals surface area contributed by atoms with Crippen LogP contribution in [0.3, 0.4) is 0 Å². The lowest BCUT2D eigenvalue weighted by Gasteiger charge is -2.35. The Bertz CT molecular complexity index is 1140. The van der Waals surface area contributed by atoms with Crippen LogP contribution in [0.4, 0.5) is 13.2 Å². The lowest BCUT2D eigenvalue weighted by molar-refractivity contribution is -0.152. The number of hydrogen-bond donors (Lipinski definition) is 2. The fraction of sp³-hybridized carbons (Fsp3) is 0.364. The van der Waals surface area contributed by atoms with Gasteiger partial charge in [0.05, 0.1) is 6.54 Å². The number of hydrogen-bond acceptors (Lipinski definition) is 8. The molecule has 2 aliphatic heterocycles. The number of ether oxygens (including phenoxy) is 1. The van der Waals surface area contributed by atoms with Crippen molar-refractivity contribution < 1.29 is 32.6 Å². The minimum absolute atomic E-state index is 0.0717. The second-order valence-electron chi connectivity index (χ2n) is 8.14. The highest BCUT2D eigenvalue weighted by Crippen LogP contribution is 2.38. The third-order valence-electron chi connectivity index (χ3n) is 5.73. The number of nitrogens with zero attached hydrogens (tertiary/aromatic N) is 3. The van der Waals surface area contributed by atoms with Crippen LogP contribution in [0.5, 0.6) is 0 Å². The first-order chi connectivity index (χ1) is 16.1. The molecular formula is C22H21F3N4O4S. The number of alkyl halides is 2. The number of carbonyl (C=O) groups excluding carboxylic acids is 1. The van der Waals surface area contributed by atoms with Gasteiger partial charge in [0.15, 0.2) is 17.1 Å². The zero-order valence-corrected chi connectivity index (χ0v) is 18.8. The molecule has 1 unspecified atom stereocenters. The van der Waals surface area contributed by atoms with Gasteiger partial charge >= 0.3 is 5.97 Å². The molecule has 0 radical (unpaired) electrons. The second-order valence-corrected chi connectivity index (χ2v) is 9.03. The summed E-state index contributed by atoms with van der Waals surface area (Å²) in [4.78, 5) is 33.3. The van der Waals surface area contributed by atoms with Crippen molar-refractivity contribution in [2.75, 3.05) is 26.2 Å². The van der Waals surface area contributed by atoms with Crippen molar-refractivity contribution >= 4 is 29.4 Å². The monoisotopic (exact) mass is 494 g/mol. The van der Waals surface area contributed by atoms with Gasteiger partial charge in [-0.05, 0) is 24.6 Å². The van der Waals surface area contributed by atoms with E-state index in [9.17, 15) is 22.8 Å². The number of carboxylic acids is 1. The Kier molecular flexibility index (Phi) is 6.56. The predicted octanol–water partition coefficient (Wildman–Crippen LogP) is 2.42. The van der Waals surface area contributed by atoms with Gasteiger partial charge in [0.2, 0.25) is 0 Å². The van der Waals surface area contributed by atoms with Crippen molar-refractivity contribution in [2.24, 2.45) is 4.99 Å². The molecule has 0 spiro atoms. The van der Waals surface area contributed by atoms with E-state index in [-0.39, 0.29) is 18.7 Å². The molecular weight excluding hydrogens is 473 g/mol. The first kappa shape index (κ1) is 24.0. The molecule has 34 heavy (non-hydrogen) atoms. The van der Waals surface area contributed by atoms with Crippen LogP contribution in [-0.2, 0) is 19.9 Å². The van der Waals surface area contributed by atoms with E-state index < -0.39 is 42.5 Å². The molecule has 1 aromatic carbocycles. The molecule has 180 valence electrons. The first-order valence-electron chi connectivity index (χ1n) is 10.3. The summed E-state index contributed by atoms with van der Waals surface area (Å²) in [5.74, 6) is -4.70. The van der Waals surface area contributed by atoms with Gasteiger partial charge in [-0.25, -0.2) is 27.9 Å². The Morgan fingerprint density at radius 2 is 2.12 bits per heavy atom. The number of aldehydes is 1. The van der Waals surface area contributed by atoms with Crippen LogP contribution in [0, 0.1) is 5.82 Å². The Labute approximate surface area is 196 Å². The third kappa shape index (κ3) is 4.74. The summed E-state index contributed by atoms with van der Waals surface area (Å²) in [7, 11) is 0. The molecule has 1 aromatic heterocycles.